The number of Topliss-reactive ketones (excluding diaryl/α,β-unsaturated/α-hetero) is 1. The van der Waals surface area contributed by atoms with E-state index in [0.717, 1.165) is 26.6 Å². The van der Waals surface area contributed by atoms with E-state index in [2.05, 4.69) is 34.8 Å². The molecule has 4 rings (SSSR count). The first-order valence-electron chi connectivity index (χ1n) is 8.35. The van der Waals surface area contributed by atoms with Gasteiger partial charge in [-0.15, -0.1) is 0 Å². The van der Waals surface area contributed by atoms with Crippen LogP contribution >= 0.6 is 15.9 Å². The third-order valence-corrected chi connectivity index (χ3v) is 5.74. The summed E-state index contributed by atoms with van der Waals surface area (Å²) < 4.78 is 6.37. The standard InChI is InChI=1S/C21H18BrNO3/c1-10(24)13-8-14-15(9-17(13)26-4)21(2,3)20-18(19(14)25)12-6-5-11(22)7-16(12)23-20/h5-9,23H,1-4H3. The SMILES string of the molecule is COc1cc2c(cc1C(C)=O)C(=O)c1c([nH]c3cc(Br)ccc13)C2(C)C. The number of hydrogen-bond acceptors (Lipinski definition) is 3. The average molecular weight is 412 g/mol. The summed E-state index contributed by atoms with van der Waals surface area (Å²) in [5.74, 6) is 0.316. The number of methoxy groups -OCH3 is 1. The molecule has 0 amide bonds. The molecule has 0 aliphatic heterocycles. The number of halogens is 1. The Kier molecular flexibility index (Phi) is 3.63. The molecule has 4 nitrogen and oxygen atoms in total. The van der Waals surface area contributed by atoms with Crippen LogP contribution in [-0.4, -0.2) is 23.7 Å². The Morgan fingerprint density at radius 2 is 1.92 bits per heavy atom. The highest BCUT2D eigenvalue weighted by atomic mass is 79.9. The van der Waals surface area contributed by atoms with Crippen molar-refractivity contribution in [3.63, 3.8) is 0 Å². The quantitative estimate of drug-likeness (QED) is 0.602. The van der Waals surface area contributed by atoms with Gasteiger partial charge in [-0.2, -0.15) is 0 Å². The molecule has 1 aromatic heterocycles. The lowest BCUT2D eigenvalue weighted by Gasteiger charge is -2.32. The molecular formula is C21H18BrNO3. The van der Waals surface area contributed by atoms with Crippen molar-refractivity contribution in [3.05, 3.63) is 62.8 Å². The zero-order valence-corrected chi connectivity index (χ0v) is 16.6. The number of rotatable bonds is 2. The van der Waals surface area contributed by atoms with Gasteiger partial charge in [0.25, 0.3) is 0 Å². The summed E-state index contributed by atoms with van der Waals surface area (Å²) in [4.78, 5) is 28.8. The van der Waals surface area contributed by atoms with Crippen molar-refractivity contribution in [1.29, 1.82) is 0 Å². The maximum Gasteiger partial charge on any atom is 0.195 e. The number of ether oxygens (including phenoxy) is 1. The van der Waals surface area contributed by atoms with E-state index in [4.69, 9.17) is 4.74 Å². The Balaban J connectivity index is 2.08. The third kappa shape index (κ3) is 2.20. The number of aromatic nitrogens is 1. The Bertz CT molecular complexity index is 1110. The number of nitrogens with one attached hydrogen (secondary N) is 1. The summed E-state index contributed by atoms with van der Waals surface area (Å²) >= 11 is 3.48. The fraction of sp³-hybridized carbons (Fsp3) is 0.238. The van der Waals surface area contributed by atoms with Gasteiger partial charge in [0.05, 0.1) is 18.2 Å². The molecule has 26 heavy (non-hydrogen) atoms. The molecule has 1 aliphatic rings. The van der Waals surface area contributed by atoms with Crippen LogP contribution in [0.1, 0.15) is 58.3 Å². The van der Waals surface area contributed by atoms with E-state index in [-0.39, 0.29) is 11.6 Å². The number of fused-ring (bicyclic) bond motifs is 4. The van der Waals surface area contributed by atoms with Crippen LogP contribution in [-0.2, 0) is 5.41 Å². The highest BCUT2D eigenvalue weighted by molar-refractivity contribution is 9.10. The molecule has 1 heterocycles. The highest BCUT2D eigenvalue weighted by Gasteiger charge is 2.40. The molecule has 1 aliphatic carbocycles. The zero-order valence-electron chi connectivity index (χ0n) is 15.0. The molecule has 0 bridgehead atoms. The van der Waals surface area contributed by atoms with Gasteiger partial charge in [0.1, 0.15) is 5.75 Å². The summed E-state index contributed by atoms with van der Waals surface area (Å²) in [6, 6.07) is 9.36. The molecule has 0 atom stereocenters. The maximum absolute atomic E-state index is 13.3. The van der Waals surface area contributed by atoms with Crippen molar-refractivity contribution >= 4 is 38.4 Å². The Morgan fingerprint density at radius 3 is 2.58 bits per heavy atom. The van der Waals surface area contributed by atoms with E-state index >= 15 is 0 Å². The fourth-order valence-corrected chi connectivity index (χ4v) is 4.23. The van der Waals surface area contributed by atoms with Crippen LogP contribution in [0.5, 0.6) is 5.75 Å². The van der Waals surface area contributed by atoms with E-state index < -0.39 is 5.41 Å². The molecule has 132 valence electrons. The van der Waals surface area contributed by atoms with Crippen molar-refractivity contribution in [3.8, 4) is 5.75 Å². The largest absolute Gasteiger partial charge is 0.496 e. The first-order valence-corrected chi connectivity index (χ1v) is 9.15. The van der Waals surface area contributed by atoms with Gasteiger partial charge >= 0.3 is 0 Å². The second kappa shape index (κ2) is 5.55. The van der Waals surface area contributed by atoms with Gasteiger partial charge in [-0.25, -0.2) is 0 Å². The summed E-state index contributed by atoms with van der Waals surface area (Å²) in [5, 5.41) is 0.895. The van der Waals surface area contributed by atoms with Crippen LogP contribution in [0, 0.1) is 0 Å². The minimum atomic E-state index is -0.424. The van der Waals surface area contributed by atoms with E-state index in [1.807, 2.05) is 24.3 Å². The van der Waals surface area contributed by atoms with Crippen LogP contribution < -0.4 is 4.74 Å². The number of benzene rings is 2. The molecule has 0 saturated heterocycles. The zero-order chi connectivity index (χ0) is 18.8. The van der Waals surface area contributed by atoms with Crippen LogP contribution in [0.3, 0.4) is 0 Å². The molecule has 5 heteroatoms. The smallest absolute Gasteiger partial charge is 0.195 e. The van der Waals surface area contributed by atoms with Crippen LogP contribution in [0.25, 0.3) is 10.9 Å². The number of H-pyrrole nitrogens is 1. The normalized spacial score (nSPS) is 14.9. The van der Waals surface area contributed by atoms with E-state index in [1.165, 1.54) is 14.0 Å². The van der Waals surface area contributed by atoms with Crippen molar-refractivity contribution in [1.82, 2.24) is 4.98 Å². The Labute approximate surface area is 159 Å². The molecule has 3 aromatic rings. The predicted molar refractivity (Wildman–Crippen MR) is 105 cm³/mol. The number of aromatic amines is 1. The summed E-state index contributed by atoms with van der Waals surface area (Å²) in [6.45, 7) is 5.64. The molecule has 0 spiro atoms. The van der Waals surface area contributed by atoms with Gasteiger partial charge in [-0.3, -0.25) is 9.59 Å². The van der Waals surface area contributed by atoms with E-state index in [0.29, 0.717) is 22.4 Å². The summed E-state index contributed by atoms with van der Waals surface area (Å²) in [5.41, 5.74) is 3.93. The lowest BCUT2D eigenvalue weighted by Crippen LogP contribution is -2.30. The van der Waals surface area contributed by atoms with Crippen LogP contribution in [0.15, 0.2) is 34.8 Å². The lowest BCUT2D eigenvalue weighted by atomic mass is 9.70. The average Bonchev–Trinajstić information content (AvgIpc) is 2.98. The molecule has 2 aromatic carbocycles. The minimum absolute atomic E-state index is 0.0620. The highest BCUT2D eigenvalue weighted by Crippen LogP contribution is 2.45. The number of carbonyl (C=O) groups excluding carboxylic acids is 2. The molecule has 0 radical (unpaired) electrons. The first kappa shape index (κ1) is 17.0. The fourth-order valence-electron chi connectivity index (χ4n) is 3.87. The second-order valence-corrected chi connectivity index (χ2v) is 8.09. The Hall–Kier alpha value is -2.40. The van der Waals surface area contributed by atoms with Gasteiger partial charge in [0, 0.05) is 32.0 Å². The van der Waals surface area contributed by atoms with Gasteiger partial charge in [-0.1, -0.05) is 35.8 Å². The molecule has 0 unspecified atom stereocenters. The van der Waals surface area contributed by atoms with Gasteiger partial charge in [0.15, 0.2) is 11.6 Å². The van der Waals surface area contributed by atoms with Crippen molar-refractivity contribution < 1.29 is 14.3 Å². The molecule has 0 saturated carbocycles. The summed E-state index contributed by atoms with van der Waals surface area (Å²) in [7, 11) is 1.54. The molecular weight excluding hydrogens is 394 g/mol. The lowest BCUT2D eigenvalue weighted by molar-refractivity contribution is 0.101. The monoisotopic (exact) mass is 411 g/mol. The maximum atomic E-state index is 13.3. The topological polar surface area (TPSA) is 59.2 Å². The molecule has 1 N–H and O–H groups in total. The van der Waals surface area contributed by atoms with Crippen molar-refractivity contribution in [2.45, 2.75) is 26.2 Å². The van der Waals surface area contributed by atoms with Crippen LogP contribution in [0.4, 0.5) is 0 Å². The second-order valence-electron chi connectivity index (χ2n) is 7.17. The van der Waals surface area contributed by atoms with Crippen molar-refractivity contribution in [2.24, 2.45) is 0 Å². The third-order valence-electron chi connectivity index (χ3n) is 5.25. The first-order chi connectivity index (χ1) is 12.3. The Morgan fingerprint density at radius 1 is 1.19 bits per heavy atom. The van der Waals surface area contributed by atoms with Crippen molar-refractivity contribution in [2.75, 3.05) is 7.11 Å². The predicted octanol–water partition coefficient (Wildman–Crippen LogP) is 5.01. The van der Waals surface area contributed by atoms with Gasteiger partial charge in [-0.05, 0) is 36.8 Å². The molecule has 0 fully saturated rings. The van der Waals surface area contributed by atoms with Crippen LogP contribution in [0.2, 0.25) is 0 Å². The minimum Gasteiger partial charge on any atom is -0.496 e. The number of hydrogen-bond donors (Lipinski definition) is 1. The van der Waals surface area contributed by atoms with Gasteiger partial charge in [0.2, 0.25) is 0 Å². The van der Waals surface area contributed by atoms with E-state index in [9.17, 15) is 9.59 Å². The number of ketones is 2. The van der Waals surface area contributed by atoms with E-state index in [1.54, 1.807) is 6.07 Å². The van der Waals surface area contributed by atoms with Gasteiger partial charge < -0.3 is 9.72 Å². The summed E-state index contributed by atoms with van der Waals surface area (Å²) in [6.07, 6.45) is 0. The number of carbonyl (C=O) groups is 2.